The van der Waals surface area contributed by atoms with Crippen LogP contribution in [0.4, 0.5) is 0 Å². The number of methoxy groups -OCH3 is 1. The Morgan fingerprint density at radius 1 is 1.35 bits per heavy atom. The summed E-state index contributed by atoms with van der Waals surface area (Å²) >= 11 is 0. The summed E-state index contributed by atoms with van der Waals surface area (Å²) < 4.78 is 32.1. The average Bonchev–Trinajstić information content (AvgIpc) is 2.44. The quantitative estimate of drug-likeness (QED) is 0.633. The van der Waals surface area contributed by atoms with Crippen molar-refractivity contribution in [1.29, 1.82) is 0 Å². The summed E-state index contributed by atoms with van der Waals surface area (Å²) in [6, 6.07) is 0.243. The fourth-order valence-electron chi connectivity index (χ4n) is 2.22. The molecule has 1 atom stereocenters. The SMILES string of the molecule is COC(=O)CCN(C)S(=O)(=O)N1CCCC(N(C)C)C1. The van der Waals surface area contributed by atoms with Crippen LogP contribution in [0.5, 0.6) is 0 Å². The van der Waals surface area contributed by atoms with Gasteiger partial charge in [-0.05, 0) is 26.9 Å². The zero-order chi connectivity index (χ0) is 15.3. The van der Waals surface area contributed by atoms with Crippen molar-refractivity contribution in [1.82, 2.24) is 13.5 Å². The van der Waals surface area contributed by atoms with E-state index < -0.39 is 16.2 Å². The molecule has 0 aliphatic carbocycles. The molecule has 0 saturated carbocycles. The summed E-state index contributed by atoms with van der Waals surface area (Å²) in [6.45, 7) is 1.17. The van der Waals surface area contributed by atoms with Crippen molar-refractivity contribution >= 4 is 16.2 Å². The molecule has 0 radical (unpaired) electrons. The topological polar surface area (TPSA) is 70.2 Å². The van der Waals surface area contributed by atoms with Gasteiger partial charge in [-0.3, -0.25) is 4.79 Å². The number of carbonyl (C=O) groups is 1. The highest BCUT2D eigenvalue weighted by Crippen LogP contribution is 2.18. The van der Waals surface area contributed by atoms with Crippen molar-refractivity contribution in [3.63, 3.8) is 0 Å². The molecule has 0 bridgehead atoms. The number of nitrogens with zero attached hydrogens (tertiary/aromatic N) is 3. The Balaban J connectivity index is 2.64. The zero-order valence-corrected chi connectivity index (χ0v) is 13.5. The molecule has 1 saturated heterocycles. The summed E-state index contributed by atoms with van der Waals surface area (Å²) in [7, 11) is 3.21. The van der Waals surface area contributed by atoms with Gasteiger partial charge in [0.2, 0.25) is 0 Å². The van der Waals surface area contributed by atoms with E-state index in [-0.39, 0.29) is 19.0 Å². The lowest BCUT2D eigenvalue weighted by molar-refractivity contribution is -0.140. The smallest absolute Gasteiger partial charge is 0.306 e. The van der Waals surface area contributed by atoms with E-state index >= 15 is 0 Å². The molecule has 0 N–H and O–H groups in total. The minimum Gasteiger partial charge on any atom is -0.469 e. The maximum Gasteiger partial charge on any atom is 0.306 e. The van der Waals surface area contributed by atoms with Crippen LogP contribution in [0, 0.1) is 0 Å². The minimum atomic E-state index is -3.50. The normalized spacial score (nSPS) is 21.4. The van der Waals surface area contributed by atoms with Crippen molar-refractivity contribution in [2.24, 2.45) is 0 Å². The van der Waals surface area contributed by atoms with Crippen LogP contribution in [0.25, 0.3) is 0 Å². The number of ether oxygens (including phenoxy) is 1. The minimum absolute atomic E-state index is 0.0666. The standard InChI is InChI=1S/C12H25N3O4S/c1-13(2)11-6-5-8-15(10-11)20(17,18)14(3)9-7-12(16)19-4/h11H,5-10H2,1-4H3. The van der Waals surface area contributed by atoms with Gasteiger partial charge in [0.1, 0.15) is 0 Å². The van der Waals surface area contributed by atoms with Gasteiger partial charge < -0.3 is 9.64 Å². The molecule has 1 aliphatic heterocycles. The van der Waals surface area contributed by atoms with Gasteiger partial charge in [0.05, 0.1) is 13.5 Å². The number of rotatable bonds is 6. The van der Waals surface area contributed by atoms with Gasteiger partial charge in [0, 0.05) is 32.7 Å². The predicted octanol–water partition coefficient (Wildman–Crippen LogP) is -0.248. The summed E-state index contributed by atoms with van der Waals surface area (Å²) in [5.74, 6) is -0.406. The van der Waals surface area contributed by atoms with Crippen molar-refractivity contribution < 1.29 is 17.9 Å². The zero-order valence-electron chi connectivity index (χ0n) is 12.7. The molecule has 0 spiro atoms. The first-order chi connectivity index (χ1) is 9.28. The lowest BCUT2D eigenvalue weighted by atomic mass is 10.1. The van der Waals surface area contributed by atoms with E-state index in [9.17, 15) is 13.2 Å². The third-order valence-corrected chi connectivity index (χ3v) is 5.62. The largest absolute Gasteiger partial charge is 0.469 e. The van der Waals surface area contributed by atoms with Gasteiger partial charge in [-0.2, -0.15) is 17.0 Å². The monoisotopic (exact) mass is 307 g/mol. The van der Waals surface area contributed by atoms with E-state index in [1.54, 1.807) is 0 Å². The maximum absolute atomic E-state index is 12.4. The molecule has 20 heavy (non-hydrogen) atoms. The average molecular weight is 307 g/mol. The van der Waals surface area contributed by atoms with Gasteiger partial charge >= 0.3 is 5.97 Å². The van der Waals surface area contributed by atoms with Gasteiger partial charge in [0.15, 0.2) is 0 Å². The summed E-state index contributed by atoms with van der Waals surface area (Å²) in [5, 5.41) is 0. The molecule has 1 unspecified atom stereocenters. The van der Waals surface area contributed by atoms with Crippen LogP contribution < -0.4 is 0 Å². The predicted molar refractivity (Wildman–Crippen MR) is 76.5 cm³/mol. The molecule has 1 heterocycles. The molecular formula is C12H25N3O4S. The van der Waals surface area contributed by atoms with Gasteiger partial charge in [0.25, 0.3) is 10.2 Å². The Morgan fingerprint density at radius 3 is 2.55 bits per heavy atom. The van der Waals surface area contributed by atoms with Gasteiger partial charge in [-0.15, -0.1) is 0 Å². The van der Waals surface area contributed by atoms with Gasteiger partial charge in [-0.25, -0.2) is 0 Å². The number of carbonyl (C=O) groups excluding carboxylic acids is 1. The fourth-order valence-corrected chi connectivity index (χ4v) is 3.65. The molecule has 1 aliphatic rings. The van der Waals surface area contributed by atoms with Gasteiger partial charge in [-0.1, -0.05) is 0 Å². The second-order valence-corrected chi connectivity index (χ2v) is 7.31. The summed E-state index contributed by atoms with van der Waals surface area (Å²) in [4.78, 5) is 13.1. The highest BCUT2D eigenvalue weighted by Gasteiger charge is 2.32. The number of piperidine rings is 1. The highest BCUT2D eigenvalue weighted by molar-refractivity contribution is 7.86. The summed E-state index contributed by atoms with van der Waals surface area (Å²) in [5.41, 5.74) is 0. The third kappa shape index (κ3) is 4.41. The number of hydrogen-bond acceptors (Lipinski definition) is 5. The fraction of sp³-hybridized carbons (Fsp3) is 0.917. The Bertz CT molecular complexity index is 424. The first-order valence-corrected chi connectivity index (χ1v) is 8.13. The molecule has 0 aromatic heterocycles. The van der Waals surface area contributed by atoms with E-state index in [2.05, 4.69) is 9.64 Å². The second kappa shape index (κ2) is 7.35. The van der Waals surface area contributed by atoms with Crippen LogP contribution in [0.15, 0.2) is 0 Å². The van der Waals surface area contributed by atoms with Crippen molar-refractivity contribution in [2.75, 3.05) is 47.9 Å². The van der Waals surface area contributed by atoms with E-state index in [0.717, 1.165) is 12.8 Å². The third-order valence-electron chi connectivity index (χ3n) is 3.67. The van der Waals surface area contributed by atoms with E-state index in [0.29, 0.717) is 13.1 Å². The molecule has 1 rings (SSSR count). The second-order valence-electron chi connectivity index (χ2n) is 5.27. The Morgan fingerprint density at radius 2 is 2.00 bits per heavy atom. The van der Waals surface area contributed by atoms with Crippen LogP contribution in [0.1, 0.15) is 19.3 Å². The number of hydrogen-bond donors (Lipinski definition) is 0. The first kappa shape index (κ1) is 17.4. The molecular weight excluding hydrogens is 282 g/mol. The lowest BCUT2D eigenvalue weighted by Crippen LogP contribution is -2.51. The maximum atomic E-state index is 12.4. The van der Waals surface area contributed by atoms with E-state index in [1.165, 1.54) is 22.8 Å². The van der Waals surface area contributed by atoms with Crippen LogP contribution in [0.2, 0.25) is 0 Å². The molecule has 8 heteroatoms. The molecule has 118 valence electrons. The van der Waals surface area contributed by atoms with Crippen molar-refractivity contribution in [3.8, 4) is 0 Å². The highest BCUT2D eigenvalue weighted by atomic mass is 32.2. The molecule has 0 aromatic rings. The molecule has 1 fully saturated rings. The van der Waals surface area contributed by atoms with Crippen LogP contribution in [-0.4, -0.2) is 81.8 Å². The summed E-state index contributed by atoms with van der Waals surface area (Å²) in [6.07, 6.45) is 1.93. The number of esters is 1. The van der Waals surface area contributed by atoms with Crippen molar-refractivity contribution in [3.05, 3.63) is 0 Å². The van der Waals surface area contributed by atoms with Crippen LogP contribution in [0.3, 0.4) is 0 Å². The molecule has 0 aromatic carbocycles. The van der Waals surface area contributed by atoms with Crippen molar-refractivity contribution in [2.45, 2.75) is 25.3 Å². The molecule has 0 amide bonds. The Labute approximate surface area is 121 Å². The Kier molecular flexibility index (Phi) is 6.38. The van der Waals surface area contributed by atoms with Crippen LogP contribution >= 0.6 is 0 Å². The van der Waals surface area contributed by atoms with Crippen LogP contribution in [-0.2, 0) is 19.7 Å². The first-order valence-electron chi connectivity index (χ1n) is 6.73. The van der Waals surface area contributed by atoms with E-state index in [1.807, 2.05) is 14.1 Å². The lowest BCUT2D eigenvalue weighted by Gasteiger charge is -2.37. The number of likely N-dealkylation sites (N-methyl/N-ethyl adjacent to an activating group) is 1. The molecule has 7 nitrogen and oxygen atoms in total. The van der Waals surface area contributed by atoms with E-state index in [4.69, 9.17) is 0 Å². The Hall–Kier alpha value is -0.700.